The number of carbonyl (C=O) groups excluding carboxylic acids is 2. The number of carbonyl (C=O) groups is 2. The lowest BCUT2D eigenvalue weighted by Crippen LogP contribution is -2.50. The van der Waals surface area contributed by atoms with Crippen LogP contribution in [0, 0.1) is 5.82 Å². The Labute approximate surface area is 208 Å². The van der Waals surface area contributed by atoms with Gasteiger partial charge in [-0.2, -0.15) is 0 Å². The Kier molecular flexibility index (Phi) is 8.28. The van der Waals surface area contributed by atoms with Gasteiger partial charge in [-0.05, 0) is 47.5 Å². The van der Waals surface area contributed by atoms with E-state index < -0.39 is 11.8 Å². The van der Waals surface area contributed by atoms with Gasteiger partial charge in [0.1, 0.15) is 5.82 Å². The molecule has 9 heteroatoms. The summed E-state index contributed by atoms with van der Waals surface area (Å²) in [5, 5.41) is 5.92. The van der Waals surface area contributed by atoms with Crippen LogP contribution in [0.2, 0.25) is 5.02 Å². The maximum atomic E-state index is 13.3. The van der Waals surface area contributed by atoms with Gasteiger partial charge in [0, 0.05) is 62.4 Å². The molecule has 0 aliphatic carbocycles. The lowest BCUT2D eigenvalue weighted by Gasteiger charge is -2.40. The van der Waals surface area contributed by atoms with E-state index in [0.29, 0.717) is 5.02 Å². The van der Waals surface area contributed by atoms with Crippen LogP contribution in [0.4, 0.5) is 10.1 Å². The molecule has 2 heterocycles. The van der Waals surface area contributed by atoms with E-state index in [1.807, 2.05) is 18.2 Å². The maximum Gasteiger partial charge on any atom is 0.309 e. The van der Waals surface area contributed by atoms with Crippen LogP contribution in [0.25, 0.3) is 0 Å². The summed E-state index contributed by atoms with van der Waals surface area (Å²) in [6.45, 7) is 3.43. The number of hydrogen-bond donors (Lipinski definition) is 2. The molecule has 1 aromatic heterocycles. The molecule has 182 valence electrons. The van der Waals surface area contributed by atoms with Crippen molar-refractivity contribution in [3.63, 3.8) is 0 Å². The second-order valence-corrected chi connectivity index (χ2v) is 8.69. The van der Waals surface area contributed by atoms with Crippen LogP contribution in [0.15, 0.2) is 73.1 Å². The lowest BCUT2D eigenvalue weighted by molar-refractivity contribution is -0.139. The fraction of sp³-hybridized carbons (Fsp3) is 0.269. The van der Waals surface area contributed by atoms with Gasteiger partial charge in [0.05, 0.1) is 6.04 Å². The number of hydrogen-bond acceptors (Lipinski definition) is 5. The molecular weight excluding hydrogens is 469 g/mol. The molecule has 1 saturated heterocycles. The molecule has 0 spiro atoms. The highest BCUT2D eigenvalue weighted by Crippen LogP contribution is 2.24. The largest absolute Gasteiger partial charge is 0.369 e. The van der Waals surface area contributed by atoms with E-state index in [2.05, 4.69) is 25.4 Å². The van der Waals surface area contributed by atoms with Crippen LogP contribution in [0.5, 0.6) is 0 Å². The summed E-state index contributed by atoms with van der Waals surface area (Å²) in [5.74, 6) is -1.66. The number of anilines is 1. The highest BCUT2D eigenvalue weighted by Gasteiger charge is 2.27. The zero-order valence-corrected chi connectivity index (χ0v) is 19.9. The lowest BCUT2D eigenvalue weighted by atomic mass is 10.1. The van der Waals surface area contributed by atoms with Gasteiger partial charge in [-0.1, -0.05) is 35.9 Å². The summed E-state index contributed by atoms with van der Waals surface area (Å²) in [7, 11) is 0. The Morgan fingerprint density at radius 1 is 0.943 bits per heavy atom. The predicted octanol–water partition coefficient (Wildman–Crippen LogP) is 3.17. The van der Waals surface area contributed by atoms with E-state index >= 15 is 0 Å². The number of amides is 2. The van der Waals surface area contributed by atoms with E-state index in [9.17, 15) is 14.0 Å². The molecule has 0 saturated carbocycles. The molecule has 2 aromatic carbocycles. The number of halogens is 2. The molecular formula is C26H27ClFN5O2. The second kappa shape index (κ2) is 11.8. The normalized spacial score (nSPS) is 14.9. The Balaban J connectivity index is 1.35. The Hall–Kier alpha value is -3.49. The average molecular weight is 496 g/mol. The van der Waals surface area contributed by atoms with Crippen LogP contribution in [-0.2, 0) is 16.1 Å². The van der Waals surface area contributed by atoms with Gasteiger partial charge in [0.25, 0.3) is 0 Å². The third-order valence-corrected chi connectivity index (χ3v) is 6.44. The highest BCUT2D eigenvalue weighted by molar-refractivity contribution is 6.35. The summed E-state index contributed by atoms with van der Waals surface area (Å²) in [6.07, 6.45) is 3.48. The molecule has 2 N–H and O–H groups in total. The Bertz CT molecular complexity index is 1140. The molecule has 2 amide bonds. The molecule has 1 aliphatic heterocycles. The minimum absolute atomic E-state index is 0.139. The second-order valence-electron chi connectivity index (χ2n) is 8.29. The van der Waals surface area contributed by atoms with Gasteiger partial charge in [0.2, 0.25) is 0 Å². The molecule has 7 nitrogen and oxygen atoms in total. The minimum atomic E-state index is -0.712. The molecule has 0 radical (unpaired) electrons. The smallest absolute Gasteiger partial charge is 0.309 e. The summed E-state index contributed by atoms with van der Waals surface area (Å²) >= 11 is 6.12. The summed E-state index contributed by atoms with van der Waals surface area (Å²) in [6, 6.07) is 17.3. The fourth-order valence-corrected chi connectivity index (χ4v) is 4.34. The minimum Gasteiger partial charge on any atom is -0.369 e. The summed E-state index contributed by atoms with van der Waals surface area (Å²) < 4.78 is 13.3. The summed E-state index contributed by atoms with van der Waals surface area (Å²) in [5.41, 5.74) is 2.68. The molecule has 1 atom stereocenters. The number of nitrogens with zero attached hydrogens (tertiary/aromatic N) is 3. The van der Waals surface area contributed by atoms with Gasteiger partial charge in [-0.3, -0.25) is 19.5 Å². The van der Waals surface area contributed by atoms with Crippen LogP contribution >= 0.6 is 11.6 Å². The van der Waals surface area contributed by atoms with Gasteiger partial charge in [-0.15, -0.1) is 0 Å². The predicted molar refractivity (Wildman–Crippen MR) is 133 cm³/mol. The van der Waals surface area contributed by atoms with Crippen molar-refractivity contribution in [2.24, 2.45) is 0 Å². The van der Waals surface area contributed by atoms with E-state index in [0.717, 1.165) is 43.0 Å². The van der Waals surface area contributed by atoms with Crippen molar-refractivity contribution >= 4 is 29.1 Å². The van der Waals surface area contributed by atoms with Crippen molar-refractivity contribution in [2.45, 2.75) is 12.6 Å². The first-order valence-electron chi connectivity index (χ1n) is 11.4. The monoisotopic (exact) mass is 495 g/mol. The number of aromatic nitrogens is 1. The Morgan fingerprint density at radius 2 is 1.66 bits per heavy atom. The quantitative estimate of drug-likeness (QED) is 0.492. The first-order chi connectivity index (χ1) is 17.0. The zero-order valence-electron chi connectivity index (χ0n) is 19.2. The number of nitrogens with one attached hydrogen (secondary N) is 2. The molecule has 3 aromatic rings. The average Bonchev–Trinajstić information content (AvgIpc) is 2.89. The fourth-order valence-electron chi connectivity index (χ4n) is 4.14. The van der Waals surface area contributed by atoms with Crippen LogP contribution < -0.4 is 15.5 Å². The van der Waals surface area contributed by atoms with Gasteiger partial charge < -0.3 is 15.5 Å². The Morgan fingerprint density at radius 3 is 2.34 bits per heavy atom. The van der Waals surface area contributed by atoms with Crippen LogP contribution in [0.1, 0.15) is 17.2 Å². The number of rotatable bonds is 7. The first kappa shape index (κ1) is 24.6. The molecule has 1 fully saturated rings. The van der Waals surface area contributed by atoms with Gasteiger partial charge in [0.15, 0.2) is 0 Å². The maximum absolute atomic E-state index is 13.3. The highest BCUT2D eigenvalue weighted by atomic mass is 35.5. The third kappa shape index (κ3) is 6.55. The van der Waals surface area contributed by atoms with Crippen molar-refractivity contribution in [3.8, 4) is 0 Å². The molecule has 4 rings (SSSR count). The van der Waals surface area contributed by atoms with Crippen LogP contribution in [0.3, 0.4) is 0 Å². The number of piperazine rings is 1. The molecule has 1 aliphatic rings. The third-order valence-electron chi connectivity index (χ3n) is 6.08. The number of pyridine rings is 1. The van der Waals surface area contributed by atoms with E-state index in [1.165, 1.54) is 12.1 Å². The van der Waals surface area contributed by atoms with Crippen molar-refractivity contribution in [3.05, 3.63) is 95.0 Å². The standard InChI is InChI=1S/C26H27ClFN5O2/c27-23-6-2-1-4-19(23)17-30-25(34)26(35)31-18-24(20-5-3-11-29-16-20)33-14-12-32(13-15-33)22-9-7-21(28)8-10-22/h1-11,16,24H,12-15,17-18H2,(H,30,34)(H,31,35)/t24-/m1/s1. The van der Waals surface area contributed by atoms with E-state index in [-0.39, 0.29) is 24.9 Å². The number of benzene rings is 2. The van der Waals surface area contributed by atoms with Crippen molar-refractivity contribution in [1.29, 1.82) is 0 Å². The van der Waals surface area contributed by atoms with E-state index in [1.54, 1.807) is 42.7 Å². The van der Waals surface area contributed by atoms with E-state index in [4.69, 9.17) is 11.6 Å². The zero-order chi connectivity index (χ0) is 24.6. The summed E-state index contributed by atoms with van der Waals surface area (Å²) in [4.78, 5) is 33.6. The van der Waals surface area contributed by atoms with Crippen LogP contribution in [-0.4, -0.2) is 54.4 Å². The SMILES string of the molecule is O=C(NCc1ccccc1Cl)C(=O)NC[C@H](c1cccnc1)N1CCN(c2ccc(F)cc2)CC1. The van der Waals surface area contributed by atoms with Crippen molar-refractivity contribution in [1.82, 2.24) is 20.5 Å². The molecule has 0 bridgehead atoms. The van der Waals surface area contributed by atoms with Crippen molar-refractivity contribution in [2.75, 3.05) is 37.6 Å². The first-order valence-corrected chi connectivity index (χ1v) is 11.8. The molecule has 0 unspecified atom stereocenters. The van der Waals surface area contributed by atoms with Gasteiger partial charge in [-0.25, -0.2) is 4.39 Å². The van der Waals surface area contributed by atoms with Crippen molar-refractivity contribution < 1.29 is 14.0 Å². The van der Waals surface area contributed by atoms with Gasteiger partial charge >= 0.3 is 11.8 Å². The molecule has 35 heavy (non-hydrogen) atoms. The topological polar surface area (TPSA) is 77.6 Å².